The summed E-state index contributed by atoms with van der Waals surface area (Å²) < 4.78 is 5.16. The van der Waals surface area contributed by atoms with Crippen molar-refractivity contribution >= 4 is 12.2 Å². The van der Waals surface area contributed by atoms with Crippen LogP contribution in [0.4, 0.5) is 4.79 Å². The maximum atomic E-state index is 11.4. The van der Waals surface area contributed by atoms with Crippen LogP contribution in [0.15, 0.2) is 30.3 Å². The van der Waals surface area contributed by atoms with Crippen LogP contribution in [0.25, 0.3) is 6.08 Å². The van der Waals surface area contributed by atoms with Crippen LogP contribution in [0.2, 0.25) is 0 Å². The molecule has 0 spiro atoms. The number of rotatable bonds is 4. The highest BCUT2D eigenvalue weighted by molar-refractivity contribution is 5.68. The number of hydrogen-bond acceptors (Lipinski definition) is 2. The second-order valence-electron chi connectivity index (χ2n) is 6.11. The lowest BCUT2D eigenvalue weighted by Gasteiger charge is -2.19. The average molecular weight is 275 g/mol. The normalized spacial score (nSPS) is 11.9. The van der Waals surface area contributed by atoms with Crippen molar-refractivity contribution in [2.75, 3.05) is 6.54 Å². The Balaban J connectivity index is 2.45. The Kier molecular flexibility index (Phi) is 5.81. The summed E-state index contributed by atoms with van der Waals surface area (Å²) in [6.45, 7) is 10.3. The Morgan fingerprint density at radius 2 is 2.05 bits per heavy atom. The summed E-state index contributed by atoms with van der Waals surface area (Å²) in [6, 6.07) is 8.39. The largest absolute Gasteiger partial charge is 0.444 e. The molecule has 3 nitrogen and oxygen atoms in total. The SMILES string of the molecule is CC(C)c1cccc(C=CCNC(=O)OC(C)(C)C)c1. The highest BCUT2D eigenvalue weighted by Gasteiger charge is 2.14. The Hall–Kier alpha value is -1.77. The van der Waals surface area contributed by atoms with Crippen molar-refractivity contribution in [2.24, 2.45) is 0 Å². The third kappa shape index (κ3) is 6.41. The Morgan fingerprint density at radius 3 is 2.65 bits per heavy atom. The van der Waals surface area contributed by atoms with Crippen molar-refractivity contribution in [1.82, 2.24) is 5.32 Å². The molecule has 0 fully saturated rings. The number of carbonyl (C=O) groups is 1. The summed E-state index contributed by atoms with van der Waals surface area (Å²) >= 11 is 0. The van der Waals surface area contributed by atoms with Crippen LogP contribution in [-0.4, -0.2) is 18.2 Å². The number of amides is 1. The van der Waals surface area contributed by atoms with Crippen molar-refractivity contribution < 1.29 is 9.53 Å². The van der Waals surface area contributed by atoms with Crippen LogP contribution < -0.4 is 5.32 Å². The number of alkyl carbamates (subject to hydrolysis) is 1. The van der Waals surface area contributed by atoms with E-state index in [-0.39, 0.29) is 0 Å². The molecular weight excluding hydrogens is 250 g/mol. The predicted molar refractivity (Wildman–Crippen MR) is 83.8 cm³/mol. The van der Waals surface area contributed by atoms with Gasteiger partial charge in [-0.25, -0.2) is 4.79 Å². The minimum atomic E-state index is -0.459. The van der Waals surface area contributed by atoms with Crippen LogP contribution in [-0.2, 0) is 4.74 Å². The van der Waals surface area contributed by atoms with Gasteiger partial charge < -0.3 is 10.1 Å². The summed E-state index contributed by atoms with van der Waals surface area (Å²) in [5, 5.41) is 2.70. The highest BCUT2D eigenvalue weighted by Crippen LogP contribution is 2.16. The molecule has 0 aliphatic rings. The van der Waals surface area contributed by atoms with Gasteiger partial charge in [-0.1, -0.05) is 50.3 Å². The van der Waals surface area contributed by atoms with Gasteiger partial charge in [-0.15, -0.1) is 0 Å². The zero-order valence-corrected chi connectivity index (χ0v) is 13.1. The fraction of sp³-hybridized carbons (Fsp3) is 0.471. The number of benzene rings is 1. The van der Waals surface area contributed by atoms with E-state index in [1.165, 1.54) is 5.56 Å². The lowest BCUT2D eigenvalue weighted by molar-refractivity contribution is 0.0534. The van der Waals surface area contributed by atoms with Crippen LogP contribution in [0.3, 0.4) is 0 Å². The summed E-state index contributed by atoms with van der Waals surface area (Å²) in [7, 11) is 0. The van der Waals surface area contributed by atoms with Gasteiger partial charge in [-0.3, -0.25) is 0 Å². The van der Waals surface area contributed by atoms with Crippen LogP contribution in [0.1, 0.15) is 51.7 Å². The van der Waals surface area contributed by atoms with Crippen molar-refractivity contribution in [3.63, 3.8) is 0 Å². The molecule has 20 heavy (non-hydrogen) atoms. The molecule has 0 saturated carbocycles. The molecule has 0 bridgehead atoms. The third-order valence-corrected chi connectivity index (χ3v) is 2.65. The summed E-state index contributed by atoms with van der Waals surface area (Å²) in [5.74, 6) is 0.517. The lowest BCUT2D eigenvalue weighted by atomic mass is 10.0. The molecule has 110 valence electrons. The Bertz CT molecular complexity index is 470. The van der Waals surface area contributed by atoms with E-state index in [0.717, 1.165) is 5.56 Å². The molecule has 0 aliphatic heterocycles. The van der Waals surface area contributed by atoms with Gasteiger partial charge in [-0.2, -0.15) is 0 Å². The van der Waals surface area contributed by atoms with E-state index in [2.05, 4.69) is 43.4 Å². The van der Waals surface area contributed by atoms with Crippen LogP contribution in [0.5, 0.6) is 0 Å². The summed E-state index contributed by atoms with van der Waals surface area (Å²) in [4.78, 5) is 11.4. The average Bonchev–Trinajstić information content (AvgIpc) is 2.33. The van der Waals surface area contributed by atoms with E-state index < -0.39 is 11.7 Å². The van der Waals surface area contributed by atoms with Gasteiger partial charge >= 0.3 is 6.09 Å². The predicted octanol–water partition coefficient (Wildman–Crippen LogP) is 4.35. The molecular formula is C17H25NO2. The molecule has 0 heterocycles. The number of nitrogens with one attached hydrogen (secondary N) is 1. The van der Waals surface area contributed by atoms with Crippen molar-refractivity contribution in [3.05, 3.63) is 41.5 Å². The molecule has 1 aromatic carbocycles. The molecule has 0 aromatic heterocycles. The third-order valence-electron chi connectivity index (χ3n) is 2.65. The molecule has 0 aliphatic carbocycles. The zero-order chi connectivity index (χ0) is 15.2. The Labute approximate surface area is 122 Å². The fourth-order valence-electron chi connectivity index (χ4n) is 1.67. The maximum Gasteiger partial charge on any atom is 0.407 e. The van der Waals surface area contributed by atoms with E-state index in [9.17, 15) is 4.79 Å². The zero-order valence-electron chi connectivity index (χ0n) is 13.1. The van der Waals surface area contributed by atoms with Gasteiger partial charge in [0, 0.05) is 6.54 Å². The van der Waals surface area contributed by atoms with E-state index in [0.29, 0.717) is 12.5 Å². The maximum absolute atomic E-state index is 11.4. The van der Waals surface area contributed by atoms with E-state index in [4.69, 9.17) is 4.74 Å². The molecule has 1 N–H and O–H groups in total. The number of carbonyl (C=O) groups excluding carboxylic acids is 1. The molecule has 1 amide bonds. The first-order valence-electron chi connectivity index (χ1n) is 7.01. The van der Waals surface area contributed by atoms with E-state index in [1.54, 1.807) is 0 Å². The van der Waals surface area contributed by atoms with Gasteiger partial charge in [-0.05, 0) is 37.8 Å². The molecule has 1 aromatic rings. The minimum Gasteiger partial charge on any atom is -0.444 e. The molecule has 0 saturated heterocycles. The molecule has 1 rings (SSSR count). The van der Waals surface area contributed by atoms with Gasteiger partial charge in [0.05, 0.1) is 0 Å². The van der Waals surface area contributed by atoms with Crippen molar-refractivity contribution in [1.29, 1.82) is 0 Å². The number of ether oxygens (including phenoxy) is 1. The second kappa shape index (κ2) is 7.13. The molecule has 0 atom stereocenters. The molecule has 3 heteroatoms. The monoisotopic (exact) mass is 275 g/mol. The fourth-order valence-corrected chi connectivity index (χ4v) is 1.67. The smallest absolute Gasteiger partial charge is 0.407 e. The van der Waals surface area contributed by atoms with Crippen LogP contribution in [0, 0.1) is 0 Å². The summed E-state index contributed by atoms with van der Waals surface area (Å²) in [5.41, 5.74) is 1.99. The topological polar surface area (TPSA) is 38.3 Å². The molecule has 0 radical (unpaired) electrons. The van der Waals surface area contributed by atoms with Crippen LogP contribution >= 0.6 is 0 Å². The minimum absolute atomic E-state index is 0.391. The van der Waals surface area contributed by atoms with Crippen molar-refractivity contribution in [3.8, 4) is 0 Å². The lowest BCUT2D eigenvalue weighted by Crippen LogP contribution is -2.32. The quantitative estimate of drug-likeness (QED) is 0.887. The molecule has 0 unspecified atom stereocenters. The highest BCUT2D eigenvalue weighted by atomic mass is 16.6. The first kappa shape index (κ1) is 16.3. The first-order chi connectivity index (χ1) is 9.28. The van der Waals surface area contributed by atoms with Gasteiger partial charge in [0.25, 0.3) is 0 Å². The van der Waals surface area contributed by atoms with Gasteiger partial charge in [0.2, 0.25) is 0 Å². The van der Waals surface area contributed by atoms with Gasteiger partial charge in [0.1, 0.15) is 5.60 Å². The number of hydrogen-bond donors (Lipinski definition) is 1. The van der Waals surface area contributed by atoms with Gasteiger partial charge in [0.15, 0.2) is 0 Å². The second-order valence-corrected chi connectivity index (χ2v) is 6.11. The Morgan fingerprint density at radius 1 is 1.35 bits per heavy atom. The summed E-state index contributed by atoms with van der Waals surface area (Å²) in [6.07, 6.45) is 3.53. The van der Waals surface area contributed by atoms with E-state index in [1.807, 2.05) is 32.9 Å². The standard InChI is InChI=1S/C17H25NO2/c1-13(2)15-10-6-8-14(12-15)9-7-11-18-16(19)20-17(3,4)5/h6-10,12-13H,11H2,1-5H3,(H,18,19). The first-order valence-corrected chi connectivity index (χ1v) is 7.01. The van der Waals surface area contributed by atoms with Crippen molar-refractivity contribution in [2.45, 2.75) is 46.1 Å². The van der Waals surface area contributed by atoms with E-state index >= 15 is 0 Å².